The summed E-state index contributed by atoms with van der Waals surface area (Å²) in [7, 11) is 1.56. The number of halogens is 1. The minimum Gasteiger partial charge on any atom is -0.497 e. The van der Waals surface area contributed by atoms with Gasteiger partial charge in [0.05, 0.1) is 23.7 Å². The van der Waals surface area contributed by atoms with Crippen LogP contribution in [-0.4, -0.2) is 33.5 Å². The molecule has 0 aliphatic rings. The summed E-state index contributed by atoms with van der Waals surface area (Å²) in [5.74, 6) is 0.273. The molecule has 2 aromatic heterocycles. The fourth-order valence-electron chi connectivity index (χ4n) is 3.46. The van der Waals surface area contributed by atoms with Gasteiger partial charge in [0.15, 0.2) is 5.96 Å². The van der Waals surface area contributed by atoms with E-state index in [0.717, 1.165) is 16.4 Å². The highest BCUT2D eigenvalue weighted by molar-refractivity contribution is 6.31. The second-order valence-electron chi connectivity index (χ2n) is 6.41. The van der Waals surface area contributed by atoms with E-state index < -0.39 is 11.9 Å². The van der Waals surface area contributed by atoms with Gasteiger partial charge in [-0.15, -0.1) is 0 Å². The van der Waals surface area contributed by atoms with Crippen molar-refractivity contribution in [2.45, 2.75) is 6.92 Å². The van der Waals surface area contributed by atoms with E-state index in [9.17, 15) is 4.79 Å². The second-order valence-corrected chi connectivity index (χ2v) is 6.84. The highest BCUT2D eigenvalue weighted by Gasteiger charge is 2.23. The quantitative estimate of drug-likeness (QED) is 0.355. The molecule has 8 nitrogen and oxygen atoms in total. The Balaban J connectivity index is 2.09. The summed E-state index contributed by atoms with van der Waals surface area (Å²) in [4.78, 5) is 21.6. The first-order chi connectivity index (χ1) is 13.9. The maximum atomic E-state index is 12.8. The first-order valence-electron chi connectivity index (χ1n) is 8.65. The summed E-state index contributed by atoms with van der Waals surface area (Å²) in [6, 6.07) is 10.8. The number of hydrogen-bond donors (Lipinski definition) is 3. The third-order valence-electron chi connectivity index (χ3n) is 4.67. The van der Waals surface area contributed by atoms with Gasteiger partial charge >= 0.3 is 0 Å². The second kappa shape index (κ2) is 7.06. The average molecular weight is 409 g/mol. The highest BCUT2D eigenvalue weighted by atomic mass is 35.5. The Morgan fingerprint density at radius 3 is 2.72 bits per heavy atom. The predicted octanol–water partition coefficient (Wildman–Crippen LogP) is 3.17. The van der Waals surface area contributed by atoms with E-state index in [1.807, 2.05) is 16.7 Å². The number of nitrogens with one attached hydrogen (secondary N) is 2. The summed E-state index contributed by atoms with van der Waals surface area (Å²) in [6.45, 7) is 1.81. The van der Waals surface area contributed by atoms with Crippen LogP contribution in [0.15, 0.2) is 42.7 Å². The largest absolute Gasteiger partial charge is 0.497 e. The van der Waals surface area contributed by atoms with Gasteiger partial charge in [-0.2, -0.15) is 0 Å². The first-order valence-corrected chi connectivity index (χ1v) is 9.03. The Labute approximate surface area is 170 Å². The Bertz CT molecular complexity index is 1300. The van der Waals surface area contributed by atoms with Crippen molar-refractivity contribution < 1.29 is 9.53 Å². The molecule has 0 aliphatic carbocycles. The van der Waals surface area contributed by atoms with Crippen molar-refractivity contribution in [3.05, 3.63) is 59.0 Å². The molecular formula is C20H17ClN6O2. The van der Waals surface area contributed by atoms with Gasteiger partial charge in [0.1, 0.15) is 17.9 Å². The van der Waals surface area contributed by atoms with Crippen LogP contribution in [0.4, 0.5) is 0 Å². The normalized spacial score (nSPS) is 11.0. The molecule has 9 heteroatoms. The number of nitrogens with zero attached hydrogens (tertiary/aromatic N) is 3. The molecule has 0 radical (unpaired) electrons. The van der Waals surface area contributed by atoms with Gasteiger partial charge in [-0.25, -0.2) is 9.97 Å². The zero-order chi connectivity index (χ0) is 20.7. The van der Waals surface area contributed by atoms with Crippen molar-refractivity contribution in [2.75, 3.05) is 7.11 Å². The van der Waals surface area contributed by atoms with Gasteiger partial charge in [-0.05, 0) is 43.3 Å². The number of benzene rings is 2. The Morgan fingerprint density at radius 2 is 2.00 bits per heavy atom. The Morgan fingerprint density at radius 1 is 1.21 bits per heavy atom. The van der Waals surface area contributed by atoms with Gasteiger partial charge < -0.3 is 10.5 Å². The van der Waals surface area contributed by atoms with Crippen molar-refractivity contribution in [3.63, 3.8) is 0 Å². The van der Waals surface area contributed by atoms with Crippen LogP contribution in [0.1, 0.15) is 16.1 Å². The molecule has 1 amide bonds. The molecule has 0 saturated carbocycles. The number of fused-ring (bicyclic) bond motifs is 2. The molecule has 29 heavy (non-hydrogen) atoms. The lowest BCUT2D eigenvalue weighted by molar-refractivity contribution is 0.0977. The van der Waals surface area contributed by atoms with Crippen molar-refractivity contribution in [1.82, 2.24) is 19.9 Å². The van der Waals surface area contributed by atoms with Gasteiger partial charge in [0, 0.05) is 21.5 Å². The molecule has 2 aromatic carbocycles. The number of methoxy groups -OCH3 is 1. The lowest BCUT2D eigenvalue weighted by Crippen LogP contribution is -2.36. The van der Waals surface area contributed by atoms with Crippen molar-refractivity contribution in [1.29, 1.82) is 5.41 Å². The van der Waals surface area contributed by atoms with Gasteiger partial charge in [0.2, 0.25) is 0 Å². The smallest absolute Gasteiger partial charge is 0.260 e. The van der Waals surface area contributed by atoms with E-state index in [4.69, 9.17) is 27.5 Å². The molecule has 4 rings (SSSR count). The SMILES string of the molecule is COc1ccc2c(c1)c(C(=O)NC(=N)N)c(C)n2-c1ncnc2ccc(Cl)cc12. The number of hydrogen-bond acceptors (Lipinski definition) is 5. The number of guanidine groups is 1. The third kappa shape index (κ3) is 3.13. The van der Waals surface area contributed by atoms with Crippen LogP contribution in [0.25, 0.3) is 27.6 Å². The van der Waals surface area contributed by atoms with E-state index in [2.05, 4.69) is 15.3 Å². The van der Waals surface area contributed by atoms with Crippen molar-refractivity contribution >= 4 is 45.3 Å². The van der Waals surface area contributed by atoms with Crippen LogP contribution in [0, 0.1) is 12.3 Å². The minimum atomic E-state index is -0.483. The topological polar surface area (TPSA) is 119 Å². The average Bonchev–Trinajstić information content (AvgIpc) is 2.97. The molecule has 0 unspecified atom stereocenters. The summed E-state index contributed by atoms with van der Waals surface area (Å²) in [5, 5.41) is 11.7. The van der Waals surface area contributed by atoms with Crippen molar-refractivity contribution in [2.24, 2.45) is 5.73 Å². The van der Waals surface area contributed by atoms with E-state index in [1.165, 1.54) is 6.33 Å². The minimum absolute atomic E-state index is 0.378. The van der Waals surface area contributed by atoms with Crippen molar-refractivity contribution in [3.8, 4) is 11.6 Å². The van der Waals surface area contributed by atoms with Gasteiger partial charge in [0.25, 0.3) is 5.91 Å². The lowest BCUT2D eigenvalue weighted by atomic mass is 10.1. The van der Waals surface area contributed by atoms with Crippen LogP contribution in [0.5, 0.6) is 5.75 Å². The number of carbonyl (C=O) groups excluding carboxylic acids is 1. The number of carbonyl (C=O) groups is 1. The van der Waals surface area contributed by atoms with Gasteiger partial charge in [-0.1, -0.05) is 11.6 Å². The standard InChI is InChI=1S/C20H17ClN6O2/c1-10-17(19(28)26-20(22)23)14-8-12(29-2)4-6-16(14)27(10)18-13-7-11(21)3-5-15(13)24-9-25-18/h3-9H,1-2H3,(H4,22,23,26,28). The molecule has 0 spiro atoms. The summed E-state index contributed by atoms with van der Waals surface area (Å²) < 4.78 is 7.19. The molecule has 0 bridgehead atoms. The zero-order valence-corrected chi connectivity index (χ0v) is 16.4. The van der Waals surface area contributed by atoms with Crippen LogP contribution >= 0.6 is 11.6 Å². The van der Waals surface area contributed by atoms with Gasteiger partial charge in [-0.3, -0.25) is 20.1 Å². The molecule has 0 atom stereocenters. The zero-order valence-electron chi connectivity index (χ0n) is 15.7. The number of ether oxygens (including phenoxy) is 1. The molecule has 2 heterocycles. The van der Waals surface area contributed by atoms with Crippen LogP contribution < -0.4 is 15.8 Å². The summed E-state index contributed by atoms with van der Waals surface area (Å²) >= 11 is 6.21. The molecule has 0 saturated heterocycles. The Kier molecular flexibility index (Phi) is 4.56. The predicted molar refractivity (Wildman–Crippen MR) is 112 cm³/mol. The fourth-order valence-corrected chi connectivity index (χ4v) is 3.63. The number of aromatic nitrogens is 3. The lowest BCUT2D eigenvalue weighted by Gasteiger charge is -2.11. The highest BCUT2D eigenvalue weighted by Crippen LogP contribution is 2.33. The van der Waals surface area contributed by atoms with Crippen LogP contribution in [0.2, 0.25) is 5.02 Å². The van der Waals surface area contributed by atoms with Crippen LogP contribution in [-0.2, 0) is 0 Å². The maximum absolute atomic E-state index is 12.8. The van der Waals surface area contributed by atoms with E-state index in [1.54, 1.807) is 38.3 Å². The molecule has 4 aromatic rings. The molecule has 4 N–H and O–H groups in total. The number of nitrogens with two attached hydrogens (primary N) is 1. The fraction of sp³-hybridized carbons (Fsp3) is 0.100. The number of rotatable bonds is 3. The van der Waals surface area contributed by atoms with Crippen LogP contribution in [0.3, 0.4) is 0 Å². The molecular weight excluding hydrogens is 392 g/mol. The monoisotopic (exact) mass is 408 g/mol. The molecule has 0 fully saturated rings. The maximum Gasteiger partial charge on any atom is 0.260 e. The summed E-state index contributed by atoms with van der Waals surface area (Å²) in [6.07, 6.45) is 1.47. The Hall–Kier alpha value is -3.65. The molecule has 0 aliphatic heterocycles. The summed E-state index contributed by atoms with van der Waals surface area (Å²) in [5.41, 5.74) is 7.86. The third-order valence-corrected chi connectivity index (χ3v) is 4.91. The van der Waals surface area contributed by atoms with E-state index in [0.29, 0.717) is 33.2 Å². The van der Waals surface area contributed by atoms with E-state index >= 15 is 0 Å². The molecule has 146 valence electrons. The number of amides is 1. The first kappa shape index (κ1) is 18.7. The van der Waals surface area contributed by atoms with E-state index in [-0.39, 0.29) is 0 Å².